The standard InChI is InChI=1S/C13H23N3O5/c1-9(2)15-12(19)10-8-21-7-6-16(10)13(20)14-5-3-4-11(17)18/h9-10H,3-8H2,1-2H3,(H,14,20)(H,15,19)(H,17,18). The number of rotatable bonds is 6. The molecular weight excluding hydrogens is 278 g/mol. The minimum atomic E-state index is -0.898. The third-order valence-electron chi connectivity index (χ3n) is 2.97. The maximum Gasteiger partial charge on any atom is 0.318 e. The number of carboxylic acid groups (broad SMARTS) is 1. The average Bonchev–Trinajstić information content (AvgIpc) is 2.42. The number of hydrogen-bond donors (Lipinski definition) is 3. The van der Waals surface area contributed by atoms with E-state index < -0.39 is 12.0 Å². The fourth-order valence-corrected chi connectivity index (χ4v) is 1.98. The molecule has 0 radical (unpaired) electrons. The van der Waals surface area contributed by atoms with E-state index in [0.29, 0.717) is 19.6 Å². The summed E-state index contributed by atoms with van der Waals surface area (Å²) in [7, 11) is 0. The molecule has 1 heterocycles. The predicted molar refractivity (Wildman–Crippen MR) is 74.9 cm³/mol. The van der Waals surface area contributed by atoms with Crippen molar-refractivity contribution in [3.05, 3.63) is 0 Å². The molecular formula is C13H23N3O5. The number of hydrogen-bond acceptors (Lipinski definition) is 4. The summed E-state index contributed by atoms with van der Waals surface area (Å²) in [5.41, 5.74) is 0. The Kier molecular flexibility index (Phi) is 6.93. The van der Waals surface area contributed by atoms with Crippen molar-refractivity contribution in [3.63, 3.8) is 0 Å². The number of morpholine rings is 1. The number of carbonyl (C=O) groups is 3. The summed E-state index contributed by atoms with van der Waals surface area (Å²) in [6.07, 6.45) is 0.356. The SMILES string of the molecule is CC(C)NC(=O)C1COCCN1C(=O)NCCCC(=O)O. The van der Waals surface area contributed by atoms with E-state index in [1.807, 2.05) is 13.8 Å². The van der Waals surface area contributed by atoms with Crippen LogP contribution in [0.4, 0.5) is 4.79 Å². The summed E-state index contributed by atoms with van der Waals surface area (Å²) in [6, 6.07) is -1.03. The molecule has 1 aliphatic heterocycles. The van der Waals surface area contributed by atoms with Crippen molar-refractivity contribution in [1.82, 2.24) is 15.5 Å². The molecule has 1 saturated heterocycles. The number of carbonyl (C=O) groups excluding carboxylic acids is 2. The van der Waals surface area contributed by atoms with Crippen LogP contribution in [0.5, 0.6) is 0 Å². The largest absolute Gasteiger partial charge is 0.481 e. The molecule has 120 valence electrons. The monoisotopic (exact) mass is 301 g/mol. The van der Waals surface area contributed by atoms with Crippen molar-refractivity contribution in [1.29, 1.82) is 0 Å². The second kappa shape index (κ2) is 8.46. The lowest BCUT2D eigenvalue weighted by atomic mass is 10.2. The minimum absolute atomic E-state index is 0.000650. The van der Waals surface area contributed by atoms with E-state index in [4.69, 9.17) is 9.84 Å². The lowest BCUT2D eigenvalue weighted by Gasteiger charge is -2.34. The molecule has 8 heteroatoms. The van der Waals surface area contributed by atoms with Gasteiger partial charge >= 0.3 is 12.0 Å². The molecule has 0 spiro atoms. The first-order valence-electron chi connectivity index (χ1n) is 7.06. The molecule has 0 aromatic heterocycles. The van der Waals surface area contributed by atoms with E-state index in [2.05, 4.69) is 10.6 Å². The predicted octanol–water partition coefficient (Wildman–Crippen LogP) is -0.214. The van der Waals surface area contributed by atoms with E-state index in [1.165, 1.54) is 4.90 Å². The Bertz CT molecular complexity index is 386. The van der Waals surface area contributed by atoms with Crippen LogP contribution in [0.15, 0.2) is 0 Å². The number of nitrogens with zero attached hydrogens (tertiary/aromatic N) is 1. The summed E-state index contributed by atoms with van der Waals surface area (Å²) >= 11 is 0. The Hall–Kier alpha value is -1.83. The third kappa shape index (κ3) is 5.99. The molecule has 1 aliphatic rings. The van der Waals surface area contributed by atoms with Crippen LogP contribution in [0.2, 0.25) is 0 Å². The van der Waals surface area contributed by atoms with Crippen LogP contribution >= 0.6 is 0 Å². The molecule has 8 nitrogen and oxygen atoms in total. The number of urea groups is 1. The molecule has 0 aliphatic carbocycles. The molecule has 3 amide bonds. The molecule has 0 bridgehead atoms. The van der Waals surface area contributed by atoms with Crippen LogP contribution in [-0.4, -0.2) is 66.3 Å². The van der Waals surface area contributed by atoms with Crippen molar-refractivity contribution in [2.24, 2.45) is 0 Å². The normalized spacial score (nSPS) is 18.4. The number of ether oxygens (including phenoxy) is 1. The first-order valence-corrected chi connectivity index (χ1v) is 7.06. The maximum absolute atomic E-state index is 12.1. The summed E-state index contributed by atoms with van der Waals surface area (Å²) in [5, 5.41) is 13.9. The van der Waals surface area contributed by atoms with Crippen LogP contribution in [0, 0.1) is 0 Å². The summed E-state index contributed by atoms with van der Waals surface area (Å²) in [6.45, 7) is 4.84. The van der Waals surface area contributed by atoms with Gasteiger partial charge in [-0.1, -0.05) is 0 Å². The van der Waals surface area contributed by atoms with Crippen LogP contribution in [-0.2, 0) is 14.3 Å². The van der Waals surface area contributed by atoms with Gasteiger partial charge in [0.05, 0.1) is 13.2 Å². The van der Waals surface area contributed by atoms with E-state index in [1.54, 1.807) is 0 Å². The van der Waals surface area contributed by atoms with Gasteiger partial charge in [0, 0.05) is 25.6 Å². The van der Waals surface area contributed by atoms with Gasteiger partial charge in [0.25, 0.3) is 0 Å². The fraction of sp³-hybridized carbons (Fsp3) is 0.769. The molecule has 1 rings (SSSR count). The summed E-state index contributed by atoms with van der Waals surface area (Å²) in [5.74, 6) is -1.14. The van der Waals surface area contributed by atoms with Gasteiger partial charge in [0.1, 0.15) is 6.04 Å². The molecule has 1 atom stereocenters. The van der Waals surface area contributed by atoms with Gasteiger partial charge in [-0.2, -0.15) is 0 Å². The van der Waals surface area contributed by atoms with Gasteiger partial charge in [-0.05, 0) is 20.3 Å². The first kappa shape index (κ1) is 17.2. The first-order chi connectivity index (χ1) is 9.91. The van der Waals surface area contributed by atoms with Gasteiger partial charge in [0.15, 0.2) is 0 Å². The van der Waals surface area contributed by atoms with Crippen molar-refractivity contribution in [3.8, 4) is 0 Å². The number of amides is 3. The third-order valence-corrected chi connectivity index (χ3v) is 2.97. The van der Waals surface area contributed by atoms with Gasteiger partial charge in [-0.3, -0.25) is 9.59 Å². The molecule has 0 saturated carbocycles. The van der Waals surface area contributed by atoms with Crippen LogP contribution in [0.25, 0.3) is 0 Å². The van der Waals surface area contributed by atoms with Crippen molar-refractivity contribution < 1.29 is 24.2 Å². The average molecular weight is 301 g/mol. The number of nitrogens with one attached hydrogen (secondary N) is 2. The van der Waals surface area contributed by atoms with Crippen molar-refractivity contribution in [2.45, 2.75) is 38.8 Å². The van der Waals surface area contributed by atoms with Gasteiger partial charge in [-0.25, -0.2) is 4.79 Å². The number of aliphatic carboxylic acids is 1. The van der Waals surface area contributed by atoms with Crippen LogP contribution in [0.1, 0.15) is 26.7 Å². The highest BCUT2D eigenvalue weighted by Gasteiger charge is 2.32. The fourth-order valence-electron chi connectivity index (χ4n) is 1.98. The molecule has 0 aromatic carbocycles. The van der Waals surface area contributed by atoms with E-state index in [0.717, 1.165) is 0 Å². The molecule has 21 heavy (non-hydrogen) atoms. The highest BCUT2D eigenvalue weighted by molar-refractivity contribution is 5.87. The molecule has 1 unspecified atom stereocenters. The molecule has 3 N–H and O–H groups in total. The maximum atomic E-state index is 12.1. The number of carboxylic acids is 1. The van der Waals surface area contributed by atoms with Crippen molar-refractivity contribution in [2.75, 3.05) is 26.3 Å². The lowest BCUT2D eigenvalue weighted by molar-refractivity contribution is -0.137. The quantitative estimate of drug-likeness (QED) is 0.588. The Labute approximate surface area is 123 Å². The second-order valence-corrected chi connectivity index (χ2v) is 5.18. The zero-order valence-electron chi connectivity index (χ0n) is 12.4. The van der Waals surface area contributed by atoms with E-state index >= 15 is 0 Å². The highest BCUT2D eigenvalue weighted by Crippen LogP contribution is 2.08. The van der Waals surface area contributed by atoms with Gasteiger partial charge in [0.2, 0.25) is 5.91 Å². The highest BCUT2D eigenvalue weighted by atomic mass is 16.5. The Morgan fingerprint density at radius 3 is 2.71 bits per heavy atom. The van der Waals surface area contributed by atoms with Crippen LogP contribution in [0.3, 0.4) is 0 Å². The second-order valence-electron chi connectivity index (χ2n) is 5.18. The van der Waals surface area contributed by atoms with Crippen molar-refractivity contribution >= 4 is 17.9 Å². The molecule has 1 fully saturated rings. The van der Waals surface area contributed by atoms with Crippen LogP contribution < -0.4 is 10.6 Å². The summed E-state index contributed by atoms with van der Waals surface area (Å²) < 4.78 is 5.26. The Morgan fingerprint density at radius 1 is 1.38 bits per heavy atom. The smallest absolute Gasteiger partial charge is 0.318 e. The minimum Gasteiger partial charge on any atom is -0.481 e. The lowest BCUT2D eigenvalue weighted by Crippen LogP contribution is -2.59. The zero-order chi connectivity index (χ0) is 15.8. The van der Waals surface area contributed by atoms with Gasteiger partial charge < -0.3 is 25.4 Å². The Balaban J connectivity index is 2.49. The summed E-state index contributed by atoms with van der Waals surface area (Å²) in [4.78, 5) is 36.0. The topological polar surface area (TPSA) is 108 Å². The van der Waals surface area contributed by atoms with E-state index in [9.17, 15) is 14.4 Å². The van der Waals surface area contributed by atoms with Gasteiger partial charge in [-0.15, -0.1) is 0 Å². The Morgan fingerprint density at radius 2 is 2.10 bits per heavy atom. The zero-order valence-corrected chi connectivity index (χ0v) is 12.4. The molecule has 0 aromatic rings. The van der Waals surface area contributed by atoms with E-state index in [-0.39, 0.29) is 37.6 Å².